The summed E-state index contributed by atoms with van der Waals surface area (Å²) in [6, 6.07) is 17.7. The van der Waals surface area contributed by atoms with E-state index in [1.165, 1.54) is 0 Å². The van der Waals surface area contributed by atoms with E-state index in [0.29, 0.717) is 32.6 Å². The molecule has 3 aromatic rings. The Morgan fingerprint density at radius 2 is 1.61 bits per heavy atom. The zero-order valence-electron chi connectivity index (χ0n) is 18.3. The van der Waals surface area contributed by atoms with Gasteiger partial charge in [0.05, 0.1) is 6.42 Å². The van der Waals surface area contributed by atoms with Crippen LogP contribution in [0.25, 0.3) is 10.9 Å². The number of aromatic nitrogens is 1. The van der Waals surface area contributed by atoms with Crippen molar-refractivity contribution in [1.29, 1.82) is 0 Å². The molecule has 2 amide bonds. The van der Waals surface area contributed by atoms with Gasteiger partial charge in [-0.2, -0.15) is 0 Å². The molecule has 4 rings (SSSR count). The number of nitrogens with one attached hydrogen (secondary N) is 1. The molecule has 0 saturated carbocycles. The fourth-order valence-corrected chi connectivity index (χ4v) is 4.31. The van der Waals surface area contributed by atoms with Crippen LogP contribution in [0.2, 0.25) is 0 Å². The lowest BCUT2D eigenvalue weighted by Gasteiger charge is -2.38. The largest absolute Gasteiger partial charge is 0.361 e. The molecular weight excluding hydrogens is 388 g/mol. The molecule has 0 bridgehead atoms. The Morgan fingerprint density at radius 3 is 2.32 bits per heavy atom. The zero-order chi connectivity index (χ0) is 21.8. The van der Waals surface area contributed by atoms with Crippen LogP contribution in [-0.4, -0.2) is 71.3 Å². The molecule has 1 saturated heterocycles. The first-order chi connectivity index (χ1) is 15.1. The molecule has 0 radical (unpaired) electrons. The van der Waals surface area contributed by atoms with Gasteiger partial charge in [0.15, 0.2) is 0 Å². The summed E-state index contributed by atoms with van der Waals surface area (Å²) in [7, 11) is 1.98. The van der Waals surface area contributed by atoms with Crippen molar-refractivity contribution in [1.82, 2.24) is 19.7 Å². The number of para-hydroxylation sites is 1. The first kappa shape index (κ1) is 21.1. The van der Waals surface area contributed by atoms with Crippen LogP contribution >= 0.6 is 0 Å². The lowest BCUT2D eigenvalue weighted by Crippen LogP contribution is -2.53. The third-order valence-corrected chi connectivity index (χ3v) is 6.25. The highest BCUT2D eigenvalue weighted by Gasteiger charge is 2.31. The maximum absolute atomic E-state index is 13.4. The van der Waals surface area contributed by atoms with Gasteiger partial charge in [-0.15, -0.1) is 0 Å². The highest BCUT2D eigenvalue weighted by molar-refractivity contribution is 5.89. The van der Waals surface area contributed by atoms with Gasteiger partial charge in [0.25, 0.3) is 0 Å². The quantitative estimate of drug-likeness (QED) is 0.669. The third kappa shape index (κ3) is 4.49. The van der Waals surface area contributed by atoms with Gasteiger partial charge >= 0.3 is 0 Å². The molecule has 1 N–H and O–H groups in total. The van der Waals surface area contributed by atoms with Crippen LogP contribution < -0.4 is 0 Å². The van der Waals surface area contributed by atoms with Gasteiger partial charge in [-0.1, -0.05) is 55.5 Å². The summed E-state index contributed by atoms with van der Waals surface area (Å²) < 4.78 is 0. The maximum atomic E-state index is 13.4. The van der Waals surface area contributed by atoms with Crippen LogP contribution in [-0.2, 0) is 16.0 Å². The number of rotatable bonds is 6. The van der Waals surface area contributed by atoms with E-state index in [-0.39, 0.29) is 17.9 Å². The van der Waals surface area contributed by atoms with Gasteiger partial charge in [-0.25, -0.2) is 0 Å². The lowest BCUT2D eigenvalue weighted by atomic mass is 10.0. The minimum atomic E-state index is -0.292. The van der Waals surface area contributed by atoms with Crippen LogP contribution in [0, 0.1) is 0 Å². The van der Waals surface area contributed by atoms with Crippen LogP contribution in [0.1, 0.15) is 24.1 Å². The number of amides is 2. The minimum Gasteiger partial charge on any atom is -0.361 e. The molecule has 0 aliphatic carbocycles. The Balaban J connectivity index is 1.39. The average molecular weight is 419 g/mol. The molecular formula is C25H30N4O2. The second-order valence-corrected chi connectivity index (χ2v) is 8.13. The zero-order valence-corrected chi connectivity index (χ0v) is 18.3. The number of carbonyl (C=O) groups is 2. The highest BCUT2D eigenvalue weighted by Crippen LogP contribution is 2.23. The van der Waals surface area contributed by atoms with E-state index in [9.17, 15) is 9.59 Å². The molecule has 0 spiro atoms. The molecule has 2 aromatic carbocycles. The Hall–Kier alpha value is -3.12. The van der Waals surface area contributed by atoms with E-state index < -0.39 is 0 Å². The molecule has 1 atom stereocenters. The fourth-order valence-electron chi connectivity index (χ4n) is 4.31. The Morgan fingerprint density at radius 1 is 0.968 bits per heavy atom. The van der Waals surface area contributed by atoms with E-state index in [4.69, 9.17) is 0 Å². The summed E-state index contributed by atoms with van der Waals surface area (Å²) in [6.45, 7) is 5.13. The molecule has 1 aromatic heterocycles. The Bertz CT molecular complexity index is 1040. The van der Waals surface area contributed by atoms with Gasteiger partial charge in [0.1, 0.15) is 6.04 Å². The predicted octanol–water partition coefficient (Wildman–Crippen LogP) is 3.07. The van der Waals surface area contributed by atoms with E-state index in [0.717, 1.165) is 28.6 Å². The Labute approximate surface area is 183 Å². The average Bonchev–Trinajstić information content (AvgIpc) is 3.22. The van der Waals surface area contributed by atoms with Gasteiger partial charge in [0.2, 0.25) is 11.8 Å². The predicted molar refractivity (Wildman–Crippen MR) is 123 cm³/mol. The van der Waals surface area contributed by atoms with Crippen molar-refractivity contribution in [2.24, 2.45) is 0 Å². The summed E-state index contributed by atoms with van der Waals surface area (Å²) in [6.07, 6.45) is 2.30. The molecule has 162 valence electrons. The molecule has 6 heteroatoms. The van der Waals surface area contributed by atoms with Gasteiger partial charge in [0, 0.05) is 43.3 Å². The number of carbonyl (C=O) groups excluding carboxylic acids is 2. The van der Waals surface area contributed by atoms with Crippen molar-refractivity contribution < 1.29 is 9.59 Å². The second kappa shape index (κ2) is 9.35. The standard InChI is InChI=1S/C25H30N4O2/c1-3-27(2)24(19-9-5-4-6-10-19)25(31)29-15-13-28(14-16-29)23(30)17-20-18-26-22-12-8-7-11-21(20)22/h4-12,18,24,26H,3,13-17H2,1-2H3. The normalized spacial score (nSPS) is 15.5. The SMILES string of the molecule is CCN(C)C(C(=O)N1CCN(C(=O)Cc2c[nH]c3ccccc23)CC1)c1ccccc1. The molecule has 1 aliphatic rings. The number of hydrogen-bond donors (Lipinski definition) is 1. The molecule has 1 aliphatic heterocycles. The number of H-pyrrole nitrogens is 1. The van der Waals surface area contributed by atoms with Gasteiger partial charge < -0.3 is 14.8 Å². The monoisotopic (exact) mass is 418 g/mol. The summed E-state index contributed by atoms with van der Waals surface area (Å²) in [5.74, 6) is 0.224. The smallest absolute Gasteiger partial charge is 0.244 e. The van der Waals surface area contributed by atoms with Crippen molar-refractivity contribution in [2.45, 2.75) is 19.4 Å². The van der Waals surface area contributed by atoms with Crippen molar-refractivity contribution in [3.05, 3.63) is 71.9 Å². The number of piperazine rings is 1. The van der Waals surface area contributed by atoms with Gasteiger partial charge in [-0.3, -0.25) is 14.5 Å². The molecule has 31 heavy (non-hydrogen) atoms. The highest BCUT2D eigenvalue weighted by atomic mass is 16.2. The van der Waals surface area contributed by atoms with Crippen molar-refractivity contribution in [3.63, 3.8) is 0 Å². The fraction of sp³-hybridized carbons (Fsp3) is 0.360. The van der Waals surface area contributed by atoms with Crippen molar-refractivity contribution in [2.75, 3.05) is 39.8 Å². The van der Waals surface area contributed by atoms with Crippen molar-refractivity contribution in [3.8, 4) is 0 Å². The Kier molecular flexibility index (Phi) is 6.37. The third-order valence-electron chi connectivity index (χ3n) is 6.25. The van der Waals surface area contributed by atoms with Crippen LogP contribution in [0.3, 0.4) is 0 Å². The minimum absolute atomic E-state index is 0.110. The number of likely N-dealkylation sites (N-methyl/N-ethyl adjacent to an activating group) is 1. The lowest BCUT2D eigenvalue weighted by molar-refractivity contribution is -0.142. The number of benzene rings is 2. The molecule has 1 fully saturated rings. The molecule has 6 nitrogen and oxygen atoms in total. The maximum Gasteiger partial charge on any atom is 0.244 e. The van der Waals surface area contributed by atoms with E-state index in [1.54, 1.807) is 0 Å². The van der Waals surface area contributed by atoms with Gasteiger partial charge in [-0.05, 0) is 30.8 Å². The summed E-state index contributed by atoms with van der Waals surface area (Å²) in [5, 5.41) is 1.10. The number of hydrogen-bond acceptors (Lipinski definition) is 3. The first-order valence-electron chi connectivity index (χ1n) is 10.9. The van der Waals surface area contributed by atoms with Crippen LogP contribution in [0.15, 0.2) is 60.8 Å². The topological polar surface area (TPSA) is 59.7 Å². The van der Waals surface area contributed by atoms with Crippen LogP contribution in [0.4, 0.5) is 0 Å². The summed E-state index contributed by atoms with van der Waals surface area (Å²) in [5.41, 5.74) is 3.08. The number of aromatic amines is 1. The molecule has 1 unspecified atom stereocenters. The van der Waals surface area contributed by atoms with E-state index in [1.807, 2.05) is 77.6 Å². The number of nitrogens with zero attached hydrogens (tertiary/aromatic N) is 3. The van der Waals surface area contributed by atoms with E-state index >= 15 is 0 Å². The van der Waals surface area contributed by atoms with Crippen LogP contribution in [0.5, 0.6) is 0 Å². The van der Waals surface area contributed by atoms with Crippen molar-refractivity contribution >= 4 is 22.7 Å². The molecule has 2 heterocycles. The number of fused-ring (bicyclic) bond motifs is 1. The second-order valence-electron chi connectivity index (χ2n) is 8.13. The first-order valence-corrected chi connectivity index (χ1v) is 10.9. The summed E-state index contributed by atoms with van der Waals surface area (Å²) in [4.78, 5) is 35.3. The summed E-state index contributed by atoms with van der Waals surface area (Å²) >= 11 is 0. The van der Waals surface area contributed by atoms with E-state index in [2.05, 4.69) is 16.8 Å².